The van der Waals surface area contributed by atoms with Gasteiger partial charge in [-0.25, -0.2) is 4.79 Å². The van der Waals surface area contributed by atoms with E-state index in [1.807, 2.05) is 18.2 Å². The number of morpholine rings is 1. The highest BCUT2D eigenvalue weighted by Crippen LogP contribution is 2.12. The average Bonchev–Trinajstić information content (AvgIpc) is 2.40. The molecule has 6 heteroatoms. The molecule has 1 heterocycles. The van der Waals surface area contributed by atoms with Crippen LogP contribution in [0.4, 0.5) is 0 Å². The van der Waals surface area contributed by atoms with E-state index in [0.29, 0.717) is 12.2 Å². The lowest BCUT2D eigenvalue weighted by molar-refractivity contribution is 0.0195. The van der Waals surface area contributed by atoms with E-state index >= 15 is 0 Å². The minimum atomic E-state index is -0.242. The lowest BCUT2D eigenvalue weighted by Gasteiger charge is -2.26. The Balaban J connectivity index is 0.00000180. The Morgan fingerprint density at radius 1 is 1.32 bits per heavy atom. The first-order chi connectivity index (χ1) is 8.77. The summed E-state index contributed by atoms with van der Waals surface area (Å²) in [6.45, 7) is 4.58. The number of halogens is 2. The molecule has 106 valence electrons. The van der Waals surface area contributed by atoms with Gasteiger partial charge in [0.1, 0.15) is 6.61 Å². The summed E-state index contributed by atoms with van der Waals surface area (Å²) in [5.41, 5.74) is 0.639. The molecule has 0 spiro atoms. The summed E-state index contributed by atoms with van der Waals surface area (Å²) < 4.78 is 11.5. The molecule has 0 atom stereocenters. The van der Waals surface area contributed by atoms with Gasteiger partial charge in [0.2, 0.25) is 0 Å². The van der Waals surface area contributed by atoms with Crippen LogP contribution in [-0.4, -0.2) is 50.3 Å². The molecule has 0 bridgehead atoms. The van der Waals surface area contributed by atoms with Crippen LogP contribution >= 0.6 is 35.0 Å². The number of carbonyl (C=O) groups excluding carboxylic acids is 1. The zero-order chi connectivity index (χ0) is 12.8. The SMILES string of the molecule is Cl.O=C(OCCN1CCOCC1)c1ccccc1I. The largest absolute Gasteiger partial charge is 0.461 e. The monoisotopic (exact) mass is 397 g/mol. The highest BCUT2D eigenvalue weighted by atomic mass is 127. The minimum absolute atomic E-state index is 0. The van der Waals surface area contributed by atoms with E-state index in [0.717, 1.165) is 36.4 Å². The fourth-order valence-corrected chi connectivity index (χ4v) is 2.40. The summed E-state index contributed by atoms with van der Waals surface area (Å²) in [6.07, 6.45) is 0. The van der Waals surface area contributed by atoms with Crippen molar-refractivity contribution in [1.29, 1.82) is 0 Å². The van der Waals surface area contributed by atoms with Gasteiger partial charge in [-0.1, -0.05) is 12.1 Å². The maximum absolute atomic E-state index is 11.8. The molecule has 0 saturated carbocycles. The van der Waals surface area contributed by atoms with Gasteiger partial charge < -0.3 is 9.47 Å². The molecule has 0 aromatic heterocycles. The van der Waals surface area contributed by atoms with Crippen LogP contribution in [0.5, 0.6) is 0 Å². The molecule has 1 saturated heterocycles. The molecule has 1 fully saturated rings. The third-order valence-corrected chi connectivity index (χ3v) is 3.78. The van der Waals surface area contributed by atoms with Crippen molar-refractivity contribution in [3.05, 3.63) is 33.4 Å². The van der Waals surface area contributed by atoms with Gasteiger partial charge in [-0.05, 0) is 34.7 Å². The van der Waals surface area contributed by atoms with Crippen molar-refractivity contribution in [3.63, 3.8) is 0 Å². The van der Waals surface area contributed by atoms with Crippen LogP contribution < -0.4 is 0 Å². The zero-order valence-electron chi connectivity index (χ0n) is 10.5. The minimum Gasteiger partial charge on any atom is -0.461 e. The normalized spacial score (nSPS) is 15.6. The molecule has 1 aromatic carbocycles. The summed E-state index contributed by atoms with van der Waals surface area (Å²) in [5.74, 6) is -0.242. The van der Waals surface area contributed by atoms with E-state index in [4.69, 9.17) is 9.47 Å². The van der Waals surface area contributed by atoms with Crippen LogP contribution in [0.25, 0.3) is 0 Å². The number of benzene rings is 1. The molecule has 0 amide bonds. The molecular weight excluding hydrogens is 381 g/mol. The Morgan fingerprint density at radius 2 is 2.00 bits per heavy atom. The number of nitrogens with zero attached hydrogens (tertiary/aromatic N) is 1. The van der Waals surface area contributed by atoms with Crippen molar-refractivity contribution in [2.45, 2.75) is 0 Å². The van der Waals surface area contributed by atoms with Crippen molar-refractivity contribution >= 4 is 41.0 Å². The lowest BCUT2D eigenvalue weighted by atomic mass is 10.2. The molecule has 19 heavy (non-hydrogen) atoms. The maximum atomic E-state index is 11.8. The first-order valence-corrected chi connectivity index (χ1v) is 7.07. The number of hydrogen-bond donors (Lipinski definition) is 0. The first-order valence-electron chi connectivity index (χ1n) is 5.99. The second kappa shape index (κ2) is 8.73. The molecule has 0 aliphatic carbocycles. The quantitative estimate of drug-likeness (QED) is 0.577. The van der Waals surface area contributed by atoms with E-state index in [1.54, 1.807) is 6.07 Å². The van der Waals surface area contributed by atoms with E-state index < -0.39 is 0 Å². The van der Waals surface area contributed by atoms with E-state index in [-0.39, 0.29) is 18.4 Å². The van der Waals surface area contributed by atoms with Crippen molar-refractivity contribution in [2.75, 3.05) is 39.5 Å². The van der Waals surface area contributed by atoms with Gasteiger partial charge in [-0.2, -0.15) is 0 Å². The topological polar surface area (TPSA) is 38.8 Å². The van der Waals surface area contributed by atoms with E-state index in [2.05, 4.69) is 27.5 Å². The Morgan fingerprint density at radius 3 is 2.68 bits per heavy atom. The van der Waals surface area contributed by atoms with Crippen molar-refractivity contribution in [1.82, 2.24) is 4.90 Å². The third kappa shape index (κ3) is 5.25. The standard InChI is InChI=1S/C13H16INO3.ClH/c14-12-4-2-1-3-11(12)13(16)18-10-7-15-5-8-17-9-6-15;/h1-4H,5-10H2;1H. The average molecular weight is 398 g/mol. The van der Waals surface area contributed by atoms with Gasteiger partial charge in [0, 0.05) is 23.2 Å². The zero-order valence-corrected chi connectivity index (χ0v) is 13.5. The Hall–Kier alpha value is -0.370. The predicted molar refractivity (Wildman–Crippen MR) is 83.9 cm³/mol. The number of carbonyl (C=O) groups is 1. The van der Waals surface area contributed by atoms with Crippen molar-refractivity contribution in [3.8, 4) is 0 Å². The van der Waals surface area contributed by atoms with Crippen molar-refractivity contribution in [2.24, 2.45) is 0 Å². The number of esters is 1. The summed E-state index contributed by atoms with van der Waals surface area (Å²) in [6, 6.07) is 7.45. The summed E-state index contributed by atoms with van der Waals surface area (Å²) in [5, 5.41) is 0. The summed E-state index contributed by atoms with van der Waals surface area (Å²) >= 11 is 2.14. The van der Waals surface area contributed by atoms with Crippen LogP contribution in [-0.2, 0) is 9.47 Å². The molecule has 0 N–H and O–H groups in total. The molecule has 1 aliphatic heterocycles. The number of hydrogen-bond acceptors (Lipinski definition) is 4. The second-order valence-corrected chi connectivity index (χ2v) is 5.23. The van der Waals surface area contributed by atoms with E-state index in [1.165, 1.54) is 0 Å². The highest BCUT2D eigenvalue weighted by molar-refractivity contribution is 14.1. The Labute approximate surface area is 133 Å². The predicted octanol–water partition coefficient (Wildman–Crippen LogP) is 2.20. The summed E-state index contributed by atoms with van der Waals surface area (Å²) in [4.78, 5) is 14.1. The van der Waals surface area contributed by atoms with Crippen LogP contribution in [0.3, 0.4) is 0 Å². The van der Waals surface area contributed by atoms with Crippen LogP contribution in [0.15, 0.2) is 24.3 Å². The number of rotatable bonds is 4. The smallest absolute Gasteiger partial charge is 0.339 e. The second-order valence-electron chi connectivity index (χ2n) is 4.07. The van der Waals surface area contributed by atoms with Crippen LogP contribution in [0.1, 0.15) is 10.4 Å². The van der Waals surface area contributed by atoms with Gasteiger partial charge >= 0.3 is 5.97 Å². The van der Waals surface area contributed by atoms with Crippen molar-refractivity contribution < 1.29 is 14.3 Å². The van der Waals surface area contributed by atoms with Crippen LogP contribution in [0.2, 0.25) is 0 Å². The lowest BCUT2D eigenvalue weighted by Crippen LogP contribution is -2.38. The fraction of sp³-hybridized carbons (Fsp3) is 0.462. The maximum Gasteiger partial charge on any atom is 0.339 e. The molecular formula is C13H17ClINO3. The Bertz CT molecular complexity index is 411. The fourth-order valence-electron chi connectivity index (χ4n) is 1.80. The Kier molecular flexibility index (Phi) is 7.67. The van der Waals surface area contributed by atoms with Gasteiger partial charge in [-0.3, -0.25) is 4.90 Å². The molecule has 2 rings (SSSR count). The molecule has 1 aliphatic rings. The third-order valence-electron chi connectivity index (χ3n) is 2.84. The summed E-state index contributed by atoms with van der Waals surface area (Å²) in [7, 11) is 0. The molecule has 1 aromatic rings. The van der Waals surface area contributed by atoms with Gasteiger partial charge in [0.05, 0.1) is 18.8 Å². The van der Waals surface area contributed by atoms with E-state index in [9.17, 15) is 4.79 Å². The van der Waals surface area contributed by atoms with Crippen LogP contribution in [0, 0.1) is 3.57 Å². The highest BCUT2D eigenvalue weighted by Gasteiger charge is 2.13. The van der Waals surface area contributed by atoms with Gasteiger partial charge in [-0.15, -0.1) is 12.4 Å². The number of ether oxygens (including phenoxy) is 2. The first kappa shape index (κ1) is 16.7. The van der Waals surface area contributed by atoms with Gasteiger partial charge in [0.15, 0.2) is 0 Å². The van der Waals surface area contributed by atoms with Gasteiger partial charge in [0.25, 0.3) is 0 Å². The molecule has 0 radical (unpaired) electrons. The molecule has 4 nitrogen and oxygen atoms in total. The molecule has 0 unspecified atom stereocenters.